The van der Waals surface area contributed by atoms with Crippen LogP contribution in [0.5, 0.6) is 0 Å². The van der Waals surface area contributed by atoms with Crippen molar-refractivity contribution in [2.75, 3.05) is 7.11 Å². The Hall–Kier alpha value is -1.36. The number of fused-ring (bicyclic) bond motifs is 1. The summed E-state index contributed by atoms with van der Waals surface area (Å²) in [5.74, 6) is -0.378. The van der Waals surface area contributed by atoms with Crippen LogP contribution >= 0.6 is 15.9 Å². The fourth-order valence-electron chi connectivity index (χ4n) is 1.45. The van der Waals surface area contributed by atoms with Crippen molar-refractivity contribution in [1.82, 2.24) is 9.61 Å². The minimum atomic E-state index is -0.378. The fourth-order valence-corrected chi connectivity index (χ4v) is 1.96. The van der Waals surface area contributed by atoms with E-state index in [2.05, 4.69) is 25.8 Å². The monoisotopic (exact) mass is 268 g/mol. The minimum absolute atomic E-state index is 0.378. The number of carbonyl (C=O) groups is 1. The topological polar surface area (TPSA) is 43.6 Å². The van der Waals surface area contributed by atoms with Crippen LogP contribution in [0.4, 0.5) is 0 Å². The van der Waals surface area contributed by atoms with Gasteiger partial charge in [-0.2, -0.15) is 5.10 Å². The Morgan fingerprint density at radius 3 is 2.93 bits per heavy atom. The van der Waals surface area contributed by atoms with Crippen molar-refractivity contribution in [2.45, 2.75) is 6.92 Å². The number of rotatable bonds is 1. The summed E-state index contributed by atoms with van der Waals surface area (Å²) in [7, 11) is 1.36. The molecule has 2 rings (SSSR count). The molecule has 0 atom stereocenters. The number of carbonyl (C=O) groups excluding carboxylic acids is 1. The van der Waals surface area contributed by atoms with Gasteiger partial charge in [-0.3, -0.25) is 0 Å². The average Bonchev–Trinajstić information content (AvgIpc) is 2.68. The molecule has 0 spiro atoms. The van der Waals surface area contributed by atoms with E-state index in [-0.39, 0.29) is 5.97 Å². The van der Waals surface area contributed by atoms with Crippen LogP contribution in [0.1, 0.15) is 16.1 Å². The molecular weight excluding hydrogens is 260 g/mol. The van der Waals surface area contributed by atoms with Crippen LogP contribution in [0.2, 0.25) is 0 Å². The van der Waals surface area contributed by atoms with Crippen molar-refractivity contribution >= 4 is 27.4 Å². The highest BCUT2D eigenvalue weighted by Crippen LogP contribution is 2.23. The first-order valence-corrected chi connectivity index (χ1v) is 5.15. The molecule has 0 aliphatic carbocycles. The van der Waals surface area contributed by atoms with Crippen LogP contribution in [0, 0.1) is 6.92 Å². The largest absolute Gasteiger partial charge is 0.465 e. The molecule has 78 valence electrons. The summed E-state index contributed by atoms with van der Waals surface area (Å²) in [5.41, 5.74) is 2.17. The second-order valence-electron chi connectivity index (χ2n) is 3.13. The van der Waals surface area contributed by atoms with Gasteiger partial charge in [0.05, 0.1) is 18.8 Å². The first-order valence-electron chi connectivity index (χ1n) is 4.36. The molecule has 0 fully saturated rings. The summed E-state index contributed by atoms with van der Waals surface area (Å²) in [4.78, 5) is 11.5. The van der Waals surface area contributed by atoms with Crippen LogP contribution in [0.25, 0.3) is 5.52 Å². The van der Waals surface area contributed by atoms with Crippen LogP contribution < -0.4 is 0 Å². The molecule has 0 unspecified atom stereocenters. The van der Waals surface area contributed by atoms with Crippen molar-refractivity contribution in [2.24, 2.45) is 0 Å². The average molecular weight is 269 g/mol. The van der Waals surface area contributed by atoms with Gasteiger partial charge in [-0.05, 0) is 35.0 Å². The van der Waals surface area contributed by atoms with Crippen molar-refractivity contribution in [3.8, 4) is 0 Å². The van der Waals surface area contributed by atoms with E-state index < -0.39 is 0 Å². The van der Waals surface area contributed by atoms with E-state index >= 15 is 0 Å². The number of aromatic nitrogens is 2. The van der Waals surface area contributed by atoms with Gasteiger partial charge in [-0.25, -0.2) is 9.31 Å². The molecule has 5 heteroatoms. The Morgan fingerprint density at radius 2 is 2.27 bits per heavy atom. The summed E-state index contributed by atoms with van der Waals surface area (Å²) in [6.45, 7) is 1.92. The molecule has 0 aliphatic rings. The quantitative estimate of drug-likeness (QED) is 0.745. The van der Waals surface area contributed by atoms with Gasteiger partial charge >= 0.3 is 5.97 Å². The normalized spacial score (nSPS) is 10.6. The molecule has 15 heavy (non-hydrogen) atoms. The summed E-state index contributed by atoms with van der Waals surface area (Å²) in [5, 5.41) is 4.13. The summed E-state index contributed by atoms with van der Waals surface area (Å²) in [6.07, 6.45) is 1.51. The number of hydrogen-bond acceptors (Lipinski definition) is 3. The van der Waals surface area contributed by atoms with Crippen LogP contribution in [-0.4, -0.2) is 22.7 Å². The van der Waals surface area contributed by atoms with Gasteiger partial charge in [-0.15, -0.1) is 0 Å². The van der Waals surface area contributed by atoms with E-state index in [9.17, 15) is 4.79 Å². The van der Waals surface area contributed by atoms with Crippen molar-refractivity contribution in [3.05, 3.63) is 34.1 Å². The third-order valence-corrected chi connectivity index (χ3v) is 2.85. The molecular formula is C10H9BrN2O2. The molecule has 0 saturated heterocycles. The Labute approximate surface area is 95.0 Å². The lowest BCUT2D eigenvalue weighted by Crippen LogP contribution is -2.01. The van der Waals surface area contributed by atoms with Gasteiger partial charge < -0.3 is 4.74 Å². The molecule has 2 heterocycles. The molecule has 0 bridgehead atoms. The first-order chi connectivity index (χ1) is 7.15. The summed E-state index contributed by atoms with van der Waals surface area (Å²) >= 11 is 3.39. The molecule has 0 aliphatic heterocycles. The van der Waals surface area contributed by atoms with E-state index in [1.807, 2.05) is 19.1 Å². The van der Waals surface area contributed by atoms with Gasteiger partial charge in [-0.1, -0.05) is 0 Å². The highest BCUT2D eigenvalue weighted by molar-refractivity contribution is 9.10. The molecule has 0 saturated carbocycles. The van der Waals surface area contributed by atoms with E-state index in [4.69, 9.17) is 0 Å². The zero-order valence-corrected chi connectivity index (χ0v) is 9.91. The minimum Gasteiger partial charge on any atom is -0.465 e. The lowest BCUT2D eigenvalue weighted by atomic mass is 10.2. The SMILES string of the molecule is COC(=O)c1cnn2c(C)ccc(Br)c12. The standard InChI is InChI=1S/C10H9BrN2O2/c1-6-3-4-8(11)9-7(10(14)15-2)5-12-13(6)9/h3-5H,1-2H3. The highest BCUT2D eigenvalue weighted by Gasteiger charge is 2.15. The number of pyridine rings is 1. The van der Waals surface area contributed by atoms with E-state index in [0.29, 0.717) is 5.56 Å². The maximum atomic E-state index is 11.5. The molecule has 0 aromatic carbocycles. The Kier molecular flexibility index (Phi) is 2.48. The van der Waals surface area contributed by atoms with Crippen LogP contribution in [-0.2, 0) is 4.74 Å². The van der Waals surface area contributed by atoms with E-state index in [0.717, 1.165) is 15.7 Å². The van der Waals surface area contributed by atoms with Gasteiger partial charge in [0.2, 0.25) is 0 Å². The van der Waals surface area contributed by atoms with Crippen molar-refractivity contribution < 1.29 is 9.53 Å². The first kappa shape index (κ1) is 10.2. The molecule has 0 radical (unpaired) electrons. The number of esters is 1. The molecule has 0 N–H and O–H groups in total. The zero-order chi connectivity index (χ0) is 11.0. The lowest BCUT2D eigenvalue weighted by molar-refractivity contribution is 0.0603. The summed E-state index contributed by atoms with van der Waals surface area (Å²) in [6, 6.07) is 3.81. The molecule has 2 aromatic heterocycles. The third-order valence-electron chi connectivity index (χ3n) is 2.21. The van der Waals surface area contributed by atoms with Gasteiger partial charge in [0, 0.05) is 10.2 Å². The van der Waals surface area contributed by atoms with Crippen molar-refractivity contribution in [3.63, 3.8) is 0 Å². The zero-order valence-electron chi connectivity index (χ0n) is 8.32. The number of methoxy groups -OCH3 is 1. The number of halogens is 1. The predicted octanol–water partition coefficient (Wildman–Crippen LogP) is 2.19. The Bertz CT molecular complexity index is 533. The number of nitrogens with zero attached hydrogens (tertiary/aromatic N) is 2. The lowest BCUT2D eigenvalue weighted by Gasteiger charge is -2.02. The number of aryl methyl sites for hydroxylation is 1. The smallest absolute Gasteiger partial charge is 0.341 e. The predicted molar refractivity (Wildman–Crippen MR) is 59.0 cm³/mol. The number of ether oxygens (including phenoxy) is 1. The van der Waals surface area contributed by atoms with Gasteiger partial charge in [0.15, 0.2) is 0 Å². The Morgan fingerprint density at radius 1 is 1.53 bits per heavy atom. The molecule has 4 nitrogen and oxygen atoms in total. The second kappa shape index (κ2) is 3.66. The van der Waals surface area contributed by atoms with Gasteiger partial charge in [0.1, 0.15) is 5.56 Å². The Balaban J connectivity index is 2.79. The van der Waals surface area contributed by atoms with E-state index in [1.54, 1.807) is 4.52 Å². The third kappa shape index (κ3) is 1.52. The summed E-state index contributed by atoms with van der Waals surface area (Å²) < 4.78 is 7.21. The van der Waals surface area contributed by atoms with Crippen molar-refractivity contribution in [1.29, 1.82) is 0 Å². The number of hydrogen-bond donors (Lipinski definition) is 0. The van der Waals surface area contributed by atoms with Crippen LogP contribution in [0.3, 0.4) is 0 Å². The maximum absolute atomic E-state index is 11.5. The molecule has 0 amide bonds. The second-order valence-corrected chi connectivity index (χ2v) is 3.99. The highest BCUT2D eigenvalue weighted by atomic mass is 79.9. The van der Waals surface area contributed by atoms with Crippen LogP contribution in [0.15, 0.2) is 22.8 Å². The fraction of sp³-hybridized carbons (Fsp3) is 0.200. The molecule has 2 aromatic rings. The van der Waals surface area contributed by atoms with Gasteiger partial charge in [0.25, 0.3) is 0 Å². The maximum Gasteiger partial charge on any atom is 0.341 e. The van der Waals surface area contributed by atoms with E-state index in [1.165, 1.54) is 13.3 Å².